The van der Waals surface area contributed by atoms with Gasteiger partial charge in [0.25, 0.3) is 0 Å². The third-order valence-electron chi connectivity index (χ3n) is 8.01. The number of ether oxygens (including phenoxy) is 13. The zero-order chi connectivity index (χ0) is 41.9. The number of aliphatic hydroxyl groups is 2. The molecule has 0 aliphatic carbocycles. The number of esters is 7. The van der Waals surface area contributed by atoms with Gasteiger partial charge in [0, 0.05) is 48.5 Å². The number of aliphatic hydroxyl groups excluding tert-OH is 2. The van der Waals surface area contributed by atoms with Crippen molar-refractivity contribution in [1.82, 2.24) is 0 Å². The van der Waals surface area contributed by atoms with E-state index in [4.69, 9.17) is 61.6 Å². The fourth-order valence-corrected chi connectivity index (χ4v) is 6.05. The van der Waals surface area contributed by atoms with Crippen LogP contribution in [0.4, 0.5) is 0 Å². The summed E-state index contributed by atoms with van der Waals surface area (Å²) in [5.41, 5.74) is 0. The summed E-state index contributed by atoms with van der Waals surface area (Å²) in [7, 11) is 0. The molecule has 3 saturated heterocycles. The van der Waals surface area contributed by atoms with Crippen LogP contribution in [0.15, 0.2) is 12.7 Å². The lowest BCUT2D eigenvalue weighted by Gasteiger charge is -2.48. The van der Waals surface area contributed by atoms with Crippen molar-refractivity contribution >= 4 is 41.8 Å². The molecule has 3 aliphatic heterocycles. The maximum atomic E-state index is 12.4. The van der Waals surface area contributed by atoms with Gasteiger partial charge in [-0.2, -0.15) is 0 Å². The molecule has 2 N–H and O–H groups in total. The second kappa shape index (κ2) is 21.3. The lowest BCUT2D eigenvalue weighted by molar-refractivity contribution is -0.364. The van der Waals surface area contributed by atoms with E-state index in [0.29, 0.717) is 0 Å². The highest BCUT2D eigenvalue weighted by Gasteiger charge is 2.56. The van der Waals surface area contributed by atoms with Gasteiger partial charge in [-0.3, -0.25) is 33.6 Å². The third-order valence-corrected chi connectivity index (χ3v) is 8.01. The van der Waals surface area contributed by atoms with E-state index in [1.807, 2.05) is 0 Å². The predicted molar refractivity (Wildman–Crippen MR) is 176 cm³/mol. The van der Waals surface area contributed by atoms with Crippen LogP contribution in [0.2, 0.25) is 0 Å². The van der Waals surface area contributed by atoms with Gasteiger partial charge >= 0.3 is 41.8 Å². The summed E-state index contributed by atoms with van der Waals surface area (Å²) in [6.07, 6.45) is -20.8. The molecule has 0 bridgehead atoms. The maximum Gasteiger partial charge on any atom is 0.303 e. The molecule has 316 valence electrons. The zero-order valence-electron chi connectivity index (χ0n) is 31.8. The number of hydrogen-bond acceptors (Lipinski definition) is 22. The summed E-state index contributed by atoms with van der Waals surface area (Å²) in [5.74, 6) is -5.88. The molecular weight excluding hydrogens is 760 g/mol. The second-order valence-electron chi connectivity index (χ2n) is 12.6. The molecule has 0 radical (unpaired) electrons. The Hall–Kier alpha value is -4.29. The summed E-state index contributed by atoms with van der Waals surface area (Å²) < 4.78 is 72.2. The Kier molecular flexibility index (Phi) is 17.5. The summed E-state index contributed by atoms with van der Waals surface area (Å²) in [6.45, 7) is 9.16. The summed E-state index contributed by atoms with van der Waals surface area (Å²) in [6, 6.07) is 0. The van der Waals surface area contributed by atoms with Gasteiger partial charge in [0.2, 0.25) is 0 Å². The second-order valence-corrected chi connectivity index (χ2v) is 12.6. The Balaban J connectivity index is 1.98. The van der Waals surface area contributed by atoms with E-state index in [0.717, 1.165) is 48.5 Å². The zero-order valence-corrected chi connectivity index (χ0v) is 31.8. The molecule has 0 unspecified atom stereocenters. The van der Waals surface area contributed by atoms with Gasteiger partial charge in [-0.25, -0.2) is 0 Å². The Bertz CT molecular complexity index is 1420. The number of carbonyl (C=O) groups excluding carboxylic acids is 7. The van der Waals surface area contributed by atoms with Crippen LogP contribution in [0, 0.1) is 0 Å². The van der Waals surface area contributed by atoms with E-state index in [1.165, 1.54) is 6.08 Å². The first-order valence-electron chi connectivity index (χ1n) is 17.3. The molecule has 3 rings (SSSR count). The molecule has 0 amide bonds. The van der Waals surface area contributed by atoms with Gasteiger partial charge < -0.3 is 71.8 Å². The topological polar surface area (TPSA) is 280 Å². The first-order valence-corrected chi connectivity index (χ1v) is 17.3. The van der Waals surface area contributed by atoms with Crippen LogP contribution in [0.25, 0.3) is 0 Å². The van der Waals surface area contributed by atoms with Gasteiger partial charge in [0.05, 0.1) is 19.8 Å². The van der Waals surface area contributed by atoms with Gasteiger partial charge in [0.1, 0.15) is 37.1 Å². The van der Waals surface area contributed by atoms with Crippen molar-refractivity contribution in [3.05, 3.63) is 12.7 Å². The molecule has 14 atom stereocenters. The average molecular weight is 809 g/mol. The molecule has 3 fully saturated rings. The number of carbonyl (C=O) groups is 7. The van der Waals surface area contributed by atoms with Crippen molar-refractivity contribution in [2.24, 2.45) is 0 Å². The first kappa shape index (κ1) is 46.1. The van der Waals surface area contributed by atoms with Crippen LogP contribution in [0.3, 0.4) is 0 Å². The average Bonchev–Trinajstić information content (AvgIpc) is 3.07. The predicted octanol–water partition coefficient (Wildman–Crippen LogP) is -1.73. The molecule has 22 nitrogen and oxygen atoms in total. The first-order chi connectivity index (χ1) is 26.3. The molecule has 0 aromatic heterocycles. The quantitative estimate of drug-likeness (QED) is 0.0995. The lowest BCUT2D eigenvalue weighted by atomic mass is 9.96. The Morgan fingerprint density at radius 3 is 1.62 bits per heavy atom. The molecule has 3 aliphatic rings. The van der Waals surface area contributed by atoms with Crippen LogP contribution in [0.5, 0.6) is 0 Å². The van der Waals surface area contributed by atoms with Crippen molar-refractivity contribution in [1.29, 1.82) is 0 Å². The van der Waals surface area contributed by atoms with Crippen molar-refractivity contribution in [2.45, 2.75) is 134 Å². The van der Waals surface area contributed by atoms with Crippen LogP contribution in [0.1, 0.15) is 48.5 Å². The van der Waals surface area contributed by atoms with Gasteiger partial charge in [-0.15, -0.1) is 6.58 Å². The third kappa shape index (κ3) is 13.1. The van der Waals surface area contributed by atoms with Crippen LogP contribution >= 0.6 is 0 Å². The van der Waals surface area contributed by atoms with Crippen LogP contribution in [-0.4, -0.2) is 164 Å². The van der Waals surface area contributed by atoms with E-state index in [2.05, 4.69) is 6.58 Å². The summed E-state index contributed by atoms with van der Waals surface area (Å²) in [4.78, 5) is 84.3. The van der Waals surface area contributed by atoms with Gasteiger partial charge in [0.15, 0.2) is 55.5 Å². The van der Waals surface area contributed by atoms with Gasteiger partial charge in [-0.05, 0) is 0 Å². The van der Waals surface area contributed by atoms with Crippen LogP contribution < -0.4 is 0 Å². The van der Waals surface area contributed by atoms with E-state index < -0.39 is 141 Å². The van der Waals surface area contributed by atoms with E-state index >= 15 is 0 Å². The standard InChI is InChI=1S/C34H48O22/c1-9-10-44-29-27(56-34-31(53-20(8)41)28(51-18(6)39)25(49-16(4)37)23(55-34)12-45-14(2)35)24(42)21(54-32(29)43)11-46-33-30(52-19(7)40)26(50-17(5)38)22(13-47-33)48-15(3)36/h9,21-34,42-43H,1,10-13H2,2-8H3/t21-,22-,23-,24-,25-,26+,27+,28+,29+,30+,31+,32+,33+,34-/m1/s1. The molecular formula is C34H48O22. The molecule has 0 saturated carbocycles. The van der Waals surface area contributed by atoms with Crippen molar-refractivity contribution in [2.75, 3.05) is 26.4 Å². The minimum absolute atomic E-state index is 0.210. The molecule has 0 aromatic carbocycles. The van der Waals surface area contributed by atoms with E-state index in [9.17, 15) is 43.8 Å². The fraction of sp³-hybridized carbons (Fsp3) is 0.735. The molecule has 0 spiro atoms. The minimum Gasteiger partial charge on any atom is -0.463 e. The van der Waals surface area contributed by atoms with Gasteiger partial charge in [-0.1, -0.05) is 6.08 Å². The van der Waals surface area contributed by atoms with E-state index in [1.54, 1.807) is 0 Å². The Morgan fingerprint density at radius 1 is 0.571 bits per heavy atom. The fourth-order valence-electron chi connectivity index (χ4n) is 6.05. The largest absolute Gasteiger partial charge is 0.463 e. The SMILES string of the molecule is C=CCO[C@H]1[C@@H](O[C@H]2O[C@H](COC(C)=O)[C@@H](OC(C)=O)[C@H](OC(C)=O)[C@@H]2OC(C)=O)[C@H](O)[C@@H](CO[C@H]2OC[C@@H](OC(C)=O)[C@H](OC(C)=O)[C@@H]2OC(C)=O)O[C@@H]1O. The molecule has 56 heavy (non-hydrogen) atoms. The lowest BCUT2D eigenvalue weighted by Crippen LogP contribution is -2.66. The monoisotopic (exact) mass is 808 g/mol. The Morgan fingerprint density at radius 2 is 1.09 bits per heavy atom. The van der Waals surface area contributed by atoms with Crippen molar-refractivity contribution in [3.8, 4) is 0 Å². The number of rotatable bonds is 16. The highest BCUT2D eigenvalue weighted by Crippen LogP contribution is 2.34. The number of hydrogen-bond donors (Lipinski definition) is 2. The normalized spacial score (nSPS) is 34.2. The highest BCUT2D eigenvalue weighted by molar-refractivity contribution is 5.69. The summed E-state index contributed by atoms with van der Waals surface area (Å²) >= 11 is 0. The molecule has 22 heteroatoms. The smallest absolute Gasteiger partial charge is 0.303 e. The van der Waals surface area contributed by atoms with Crippen LogP contribution in [-0.2, 0) is 95.1 Å². The minimum atomic E-state index is -1.87. The summed E-state index contributed by atoms with van der Waals surface area (Å²) in [5, 5.41) is 22.8. The molecule has 3 heterocycles. The highest BCUT2D eigenvalue weighted by atomic mass is 16.8. The van der Waals surface area contributed by atoms with Crippen molar-refractivity contribution in [3.63, 3.8) is 0 Å². The van der Waals surface area contributed by atoms with E-state index in [-0.39, 0.29) is 13.2 Å². The van der Waals surface area contributed by atoms with Crippen molar-refractivity contribution < 1.29 is 105 Å². The Labute approximate surface area is 320 Å². The maximum absolute atomic E-state index is 12.4. The molecule has 0 aromatic rings.